The van der Waals surface area contributed by atoms with Crippen LogP contribution < -0.4 is 5.73 Å². The minimum Gasteiger partial charge on any atom is -0.338 e. The molecule has 1 heterocycles. The van der Waals surface area contributed by atoms with Crippen LogP contribution >= 0.6 is 11.3 Å². The lowest BCUT2D eigenvalue weighted by molar-refractivity contribution is -0.135. The quantitative estimate of drug-likeness (QED) is 0.910. The van der Waals surface area contributed by atoms with Gasteiger partial charge in [-0.05, 0) is 31.2 Å². The second kappa shape index (κ2) is 6.34. The minimum atomic E-state index is -0.480. The SMILES string of the molecule is CCN(C(=O)C(N)c1cccs1)C1CCCCC1. The van der Waals surface area contributed by atoms with Crippen molar-refractivity contribution in [3.8, 4) is 0 Å². The molecule has 2 rings (SSSR count). The lowest BCUT2D eigenvalue weighted by Gasteiger charge is -2.35. The maximum Gasteiger partial charge on any atom is 0.245 e. The van der Waals surface area contributed by atoms with Crippen molar-refractivity contribution in [2.45, 2.75) is 51.1 Å². The van der Waals surface area contributed by atoms with Gasteiger partial charge in [0.15, 0.2) is 0 Å². The van der Waals surface area contributed by atoms with Crippen LogP contribution in [0.1, 0.15) is 49.9 Å². The van der Waals surface area contributed by atoms with E-state index in [1.807, 2.05) is 29.3 Å². The van der Waals surface area contributed by atoms with Crippen LogP contribution in [0.15, 0.2) is 17.5 Å². The molecule has 0 saturated heterocycles. The fourth-order valence-electron chi connectivity index (χ4n) is 2.76. The summed E-state index contributed by atoms with van der Waals surface area (Å²) in [6.45, 7) is 2.82. The predicted molar refractivity (Wildman–Crippen MR) is 75.5 cm³/mol. The Morgan fingerprint density at radius 2 is 2.22 bits per heavy atom. The Labute approximate surface area is 113 Å². The average molecular weight is 266 g/mol. The molecule has 0 aromatic carbocycles. The molecule has 0 aliphatic heterocycles. The van der Waals surface area contributed by atoms with Crippen molar-refractivity contribution >= 4 is 17.2 Å². The normalized spacial score (nSPS) is 18.6. The van der Waals surface area contributed by atoms with E-state index in [1.54, 1.807) is 11.3 Å². The first-order valence-corrected chi connectivity index (χ1v) is 7.71. The lowest BCUT2D eigenvalue weighted by atomic mass is 9.93. The van der Waals surface area contributed by atoms with Gasteiger partial charge in [-0.1, -0.05) is 25.3 Å². The third-order valence-corrected chi connectivity index (χ3v) is 4.71. The van der Waals surface area contributed by atoms with Crippen molar-refractivity contribution in [2.75, 3.05) is 6.54 Å². The summed E-state index contributed by atoms with van der Waals surface area (Å²) in [6.07, 6.45) is 6.05. The van der Waals surface area contributed by atoms with Gasteiger partial charge in [0.2, 0.25) is 5.91 Å². The summed E-state index contributed by atoms with van der Waals surface area (Å²) < 4.78 is 0. The van der Waals surface area contributed by atoms with E-state index in [9.17, 15) is 4.79 Å². The molecule has 18 heavy (non-hydrogen) atoms. The van der Waals surface area contributed by atoms with Crippen molar-refractivity contribution in [1.82, 2.24) is 4.90 Å². The van der Waals surface area contributed by atoms with Crippen LogP contribution in [0.3, 0.4) is 0 Å². The van der Waals surface area contributed by atoms with E-state index in [2.05, 4.69) is 0 Å². The summed E-state index contributed by atoms with van der Waals surface area (Å²) in [5, 5.41) is 1.97. The van der Waals surface area contributed by atoms with E-state index in [1.165, 1.54) is 19.3 Å². The summed E-state index contributed by atoms with van der Waals surface area (Å²) in [5.74, 6) is 0.0897. The van der Waals surface area contributed by atoms with Gasteiger partial charge in [-0.2, -0.15) is 0 Å². The molecule has 1 unspecified atom stereocenters. The minimum absolute atomic E-state index is 0.0897. The van der Waals surface area contributed by atoms with Gasteiger partial charge < -0.3 is 10.6 Å². The number of nitrogens with zero attached hydrogens (tertiary/aromatic N) is 1. The number of carbonyl (C=O) groups is 1. The van der Waals surface area contributed by atoms with Crippen LogP contribution in [0.25, 0.3) is 0 Å². The molecule has 1 aromatic heterocycles. The Morgan fingerprint density at radius 1 is 1.50 bits per heavy atom. The molecule has 1 aromatic rings. The van der Waals surface area contributed by atoms with Gasteiger partial charge in [0.25, 0.3) is 0 Å². The van der Waals surface area contributed by atoms with Crippen LogP contribution in [-0.2, 0) is 4.79 Å². The molecular weight excluding hydrogens is 244 g/mol. The van der Waals surface area contributed by atoms with Crippen molar-refractivity contribution in [2.24, 2.45) is 5.73 Å². The maximum atomic E-state index is 12.5. The molecule has 0 spiro atoms. The average Bonchev–Trinajstić information content (AvgIpc) is 2.94. The van der Waals surface area contributed by atoms with Crippen LogP contribution in [0, 0.1) is 0 Å². The standard InChI is InChI=1S/C14H22N2OS/c1-2-16(11-7-4-3-5-8-11)14(17)13(15)12-9-6-10-18-12/h6,9-11,13H,2-5,7-8,15H2,1H3. The Balaban J connectivity index is 2.04. The molecule has 1 aliphatic rings. The lowest BCUT2D eigenvalue weighted by Crippen LogP contribution is -2.45. The van der Waals surface area contributed by atoms with Gasteiger partial charge in [0.05, 0.1) is 0 Å². The highest BCUT2D eigenvalue weighted by atomic mass is 32.1. The molecular formula is C14H22N2OS. The number of rotatable bonds is 4. The monoisotopic (exact) mass is 266 g/mol. The van der Waals surface area contributed by atoms with Gasteiger partial charge >= 0.3 is 0 Å². The summed E-state index contributed by atoms with van der Waals surface area (Å²) in [4.78, 5) is 15.4. The van der Waals surface area contributed by atoms with Crippen molar-refractivity contribution < 1.29 is 4.79 Å². The predicted octanol–water partition coefficient (Wildman–Crippen LogP) is 2.93. The van der Waals surface area contributed by atoms with Gasteiger partial charge in [0, 0.05) is 17.5 Å². The Kier molecular flexibility index (Phi) is 4.78. The first-order chi connectivity index (χ1) is 8.74. The zero-order valence-electron chi connectivity index (χ0n) is 11.0. The molecule has 2 N–H and O–H groups in total. The zero-order chi connectivity index (χ0) is 13.0. The van der Waals surface area contributed by atoms with E-state index in [4.69, 9.17) is 5.73 Å². The second-order valence-corrected chi connectivity index (χ2v) is 5.89. The number of hydrogen-bond donors (Lipinski definition) is 1. The number of nitrogens with two attached hydrogens (primary N) is 1. The number of carbonyl (C=O) groups excluding carboxylic acids is 1. The highest BCUT2D eigenvalue weighted by molar-refractivity contribution is 7.10. The van der Waals surface area contributed by atoms with Crippen LogP contribution in [0.5, 0.6) is 0 Å². The van der Waals surface area contributed by atoms with Crippen molar-refractivity contribution in [3.05, 3.63) is 22.4 Å². The highest BCUT2D eigenvalue weighted by Gasteiger charge is 2.28. The van der Waals surface area contributed by atoms with E-state index >= 15 is 0 Å². The highest BCUT2D eigenvalue weighted by Crippen LogP contribution is 2.26. The molecule has 1 atom stereocenters. The van der Waals surface area contributed by atoms with Crippen LogP contribution in [0.2, 0.25) is 0 Å². The molecule has 1 amide bonds. The largest absolute Gasteiger partial charge is 0.338 e. The van der Waals surface area contributed by atoms with E-state index in [-0.39, 0.29) is 5.91 Å². The smallest absolute Gasteiger partial charge is 0.245 e. The summed E-state index contributed by atoms with van der Waals surface area (Å²) in [7, 11) is 0. The molecule has 3 nitrogen and oxygen atoms in total. The van der Waals surface area contributed by atoms with E-state index in [0.717, 1.165) is 24.3 Å². The van der Waals surface area contributed by atoms with Crippen LogP contribution in [-0.4, -0.2) is 23.4 Å². The van der Waals surface area contributed by atoms with Gasteiger partial charge in [0.1, 0.15) is 6.04 Å². The first-order valence-electron chi connectivity index (χ1n) is 6.83. The molecule has 1 aliphatic carbocycles. The Hall–Kier alpha value is -0.870. The number of amides is 1. The molecule has 100 valence electrons. The maximum absolute atomic E-state index is 12.5. The molecule has 1 fully saturated rings. The molecule has 0 radical (unpaired) electrons. The van der Waals surface area contributed by atoms with E-state index in [0.29, 0.717) is 6.04 Å². The topological polar surface area (TPSA) is 46.3 Å². The van der Waals surface area contributed by atoms with Gasteiger partial charge in [-0.25, -0.2) is 0 Å². The van der Waals surface area contributed by atoms with Gasteiger partial charge in [-0.15, -0.1) is 11.3 Å². The molecule has 4 heteroatoms. The first kappa shape index (κ1) is 13.6. The number of thiophene rings is 1. The number of hydrogen-bond acceptors (Lipinski definition) is 3. The van der Waals surface area contributed by atoms with Crippen molar-refractivity contribution in [3.63, 3.8) is 0 Å². The third kappa shape index (κ3) is 2.93. The van der Waals surface area contributed by atoms with E-state index < -0.39 is 6.04 Å². The second-order valence-electron chi connectivity index (χ2n) is 4.91. The Morgan fingerprint density at radius 3 is 2.78 bits per heavy atom. The molecule has 0 bridgehead atoms. The molecule has 1 saturated carbocycles. The number of likely N-dealkylation sites (N-methyl/N-ethyl adjacent to an activating group) is 1. The zero-order valence-corrected chi connectivity index (χ0v) is 11.8. The summed E-state index contributed by atoms with van der Waals surface area (Å²) in [6, 6.07) is 3.82. The third-order valence-electron chi connectivity index (χ3n) is 3.75. The fourth-order valence-corrected chi connectivity index (χ4v) is 3.47. The van der Waals surface area contributed by atoms with Crippen molar-refractivity contribution in [1.29, 1.82) is 0 Å². The summed E-state index contributed by atoms with van der Waals surface area (Å²) in [5.41, 5.74) is 6.09. The summed E-state index contributed by atoms with van der Waals surface area (Å²) >= 11 is 1.56. The van der Waals surface area contributed by atoms with Gasteiger partial charge in [-0.3, -0.25) is 4.79 Å². The Bertz CT molecular complexity index is 371. The van der Waals surface area contributed by atoms with Crippen LogP contribution in [0.4, 0.5) is 0 Å². The fraction of sp³-hybridized carbons (Fsp3) is 0.643.